The highest BCUT2D eigenvalue weighted by Crippen LogP contribution is 2.27. The van der Waals surface area contributed by atoms with Crippen molar-refractivity contribution in [2.45, 2.75) is 25.8 Å². The first-order valence-corrected chi connectivity index (χ1v) is 11.5. The Morgan fingerprint density at radius 3 is 2.67 bits per heavy atom. The maximum Gasteiger partial charge on any atom is 0.255 e. The minimum atomic E-state index is -0.267. The zero-order chi connectivity index (χ0) is 22.6. The predicted molar refractivity (Wildman–Crippen MR) is 130 cm³/mol. The molecule has 0 spiro atoms. The summed E-state index contributed by atoms with van der Waals surface area (Å²) < 4.78 is 0. The lowest BCUT2D eigenvalue weighted by Gasteiger charge is -2.26. The highest BCUT2D eigenvalue weighted by molar-refractivity contribution is 6.31. The molecule has 7 nitrogen and oxygen atoms in total. The first kappa shape index (κ1) is 21.4. The summed E-state index contributed by atoms with van der Waals surface area (Å²) in [6, 6.07) is 15.4. The van der Waals surface area contributed by atoms with Crippen LogP contribution in [0, 0.1) is 0 Å². The van der Waals surface area contributed by atoms with Gasteiger partial charge < -0.3 is 10.3 Å². The second-order valence-electron chi connectivity index (χ2n) is 8.30. The zero-order valence-electron chi connectivity index (χ0n) is 18.1. The normalized spacial score (nSPS) is 14.3. The Kier molecular flexibility index (Phi) is 6.24. The maximum atomic E-state index is 12.6. The van der Waals surface area contributed by atoms with Crippen molar-refractivity contribution in [2.24, 2.45) is 0 Å². The van der Waals surface area contributed by atoms with Gasteiger partial charge in [0.2, 0.25) is 0 Å². The molecule has 0 unspecified atom stereocenters. The zero-order valence-corrected chi connectivity index (χ0v) is 18.9. The number of aromatic amines is 2. The third-order valence-electron chi connectivity index (χ3n) is 5.91. The molecule has 3 heterocycles. The van der Waals surface area contributed by atoms with Gasteiger partial charge in [-0.3, -0.25) is 14.8 Å². The second kappa shape index (κ2) is 9.60. The number of amides is 1. The van der Waals surface area contributed by atoms with Crippen molar-refractivity contribution in [1.82, 2.24) is 25.1 Å². The fraction of sp³-hybridized carbons (Fsp3) is 0.240. The molecule has 0 atom stereocenters. The number of nitrogens with zero attached hydrogens (tertiary/aromatic N) is 3. The molecule has 1 amide bonds. The lowest BCUT2D eigenvalue weighted by Crippen LogP contribution is -2.28. The Balaban J connectivity index is 1.29. The van der Waals surface area contributed by atoms with E-state index in [0.717, 1.165) is 17.8 Å². The van der Waals surface area contributed by atoms with Crippen molar-refractivity contribution in [3.05, 3.63) is 77.1 Å². The largest absolute Gasteiger partial charge is 0.337 e. The number of aromatic nitrogens is 4. The van der Waals surface area contributed by atoms with Crippen LogP contribution in [0.25, 0.3) is 22.8 Å². The van der Waals surface area contributed by atoms with Crippen LogP contribution in [0.1, 0.15) is 35.2 Å². The molecule has 5 rings (SSSR count). The van der Waals surface area contributed by atoms with Crippen LogP contribution in [0.4, 0.5) is 5.69 Å². The van der Waals surface area contributed by atoms with E-state index < -0.39 is 0 Å². The van der Waals surface area contributed by atoms with Crippen molar-refractivity contribution in [2.75, 3.05) is 18.4 Å². The van der Waals surface area contributed by atoms with E-state index in [2.05, 4.69) is 54.6 Å². The lowest BCUT2D eigenvalue weighted by atomic mass is 10.1. The molecule has 0 radical (unpaired) electrons. The summed E-state index contributed by atoms with van der Waals surface area (Å²) in [6.07, 6.45) is 7.29. The molecular formula is C25H25ClN6O. The van der Waals surface area contributed by atoms with Crippen LogP contribution in [-0.4, -0.2) is 44.1 Å². The number of halogens is 1. The van der Waals surface area contributed by atoms with Crippen LogP contribution in [0.5, 0.6) is 0 Å². The van der Waals surface area contributed by atoms with Gasteiger partial charge in [-0.25, -0.2) is 4.98 Å². The van der Waals surface area contributed by atoms with Crippen LogP contribution < -0.4 is 5.32 Å². The van der Waals surface area contributed by atoms with E-state index in [4.69, 9.17) is 11.6 Å². The van der Waals surface area contributed by atoms with Crippen molar-refractivity contribution >= 4 is 23.2 Å². The first-order chi connectivity index (χ1) is 16.2. The van der Waals surface area contributed by atoms with E-state index in [1.807, 2.05) is 0 Å². The average Bonchev–Trinajstić information content (AvgIpc) is 3.50. The summed E-state index contributed by atoms with van der Waals surface area (Å²) in [5.41, 5.74) is 4.90. The van der Waals surface area contributed by atoms with Crippen molar-refractivity contribution < 1.29 is 4.79 Å². The summed E-state index contributed by atoms with van der Waals surface area (Å²) in [5.74, 6) is 0.331. The van der Waals surface area contributed by atoms with Gasteiger partial charge in [0, 0.05) is 17.1 Å². The summed E-state index contributed by atoms with van der Waals surface area (Å²) in [5, 5.41) is 10.4. The smallest absolute Gasteiger partial charge is 0.255 e. The maximum absolute atomic E-state index is 12.6. The minimum absolute atomic E-state index is 0.267. The summed E-state index contributed by atoms with van der Waals surface area (Å²) in [4.78, 5) is 23.0. The van der Waals surface area contributed by atoms with E-state index in [1.54, 1.807) is 36.7 Å². The lowest BCUT2D eigenvalue weighted by molar-refractivity contribution is 0.102. The number of nitrogens with one attached hydrogen (secondary N) is 3. The quantitative estimate of drug-likeness (QED) is 0.361. The van der Waals surface area contributed by atoms with Crippen LogP contribution in [0.15, 0.2) is 60.9 Å². The number of H-pyrrole nitrogens is 2. The van der Waals surface area contributed by atoms with Crippen LogP contribution in [0.3, 0.4) is 0 Å². The SMILES string of the molecule is O=C(Nc1cn[nH]c1-c1ncc(-c2ccc(CN3CCCCC3)cc2)[nH]1)c1cccc(Cl)c1. The Bertz CT molecular complexity index is 1240. The Morgan fingerprint density at radius 2 is 1.88 bits per heavy atom. The van der Waals surface area contributed by atoms with Gasteiger partial charge in [-0.2, -0.15) is 5.10 Å². The molecule has 1 saturated heterocycles. The number of carbonyl (C=O) groups is 1. The number of piperidine rings is 1. The van der Waals surface area contributed by atoms with Gasteiger partial charge in [0.15, 0.2) is 5.82 Å². The van der Waals surface area contributed by atoms with Crippen LogP contribution in [-0.2, 0) is 6.54 Å². The van der Waals surface area contributed by atoms with Crippen molar-refractivity contribution in [3.63, 3.8) is 0 Å². The standard InChI is InChI=1S/C25H25ClN6O/c26-20-6-4-5-19(13-20)25(33)30-22-15-28-31-23(22)24-27-14-21(29-24)18-9-7-17(8-10-18)16-32-11-2-1-3-12-32/h4-10,13-15H,1-3,11-12,16H2,(H,27,29)(H,28,31)(H,30,33). The second-order valence-corrected chi connectivity index (χ2v) is 8.74. The summed E-state index contributed by atoms with van der Waals surface area (Å²) >= 11 is 6.00. The molecule has 2 aromatic heterocycles. The fourth-order valence-corrected chi connectivity index (χ4v) is 4.34. The molecule has 168 valence electrons. The number of anilines is 1. The minimum Gasteiger partial charge on any atom is -0.337 e. The average molecular weight is 461 g/mol. The van der Waals surface area contributed by atoms with Crippen LogP contribution >= 0.6 is 11.6 Å². The van der Waals surface area contributed by atoms with Gasteiger partial charge in [-0.05, 0) is 55.3 Å². The number of rotatable bonds is 6. The molecule has 0 saturated carbocycles. The number of hydrogen-bond acceptors (Lipinski definition) is 4. The molecule has 1 aliphatic heterocycles. The van der Waals surface area contributed by atoms with E-state index in [-0.39, 0.29) is 5.91 Å². The third-order valence-corrected chi connectivity index (χ3v) is 6.14. The number of likely N-dealkylation sites (tertiary alicyclic amines) is 1. The highest BCUT2D eigenvalue weighted by Gasteiger charge is 2.16. The molecule has 1 fully saturated rings. The Hall–Kier alpha value is -3.42. The molecule has 2 aromatic carbocycles. The molecule has 33 heavy (non-hydrogen) atoms. The van der Waals surface area contributed by atoms with Gasteiger partial charge in [0.25, 0.3) is 5.91 Å². The molecule has 8 heteroatoms. The molecule has 4 aromatic rings. The monoisotopic (exact) mass is 460 g/mol. The van der Waals surface area contributed by atoms with E-state index in [1.165, 1.54) is 37.9 Å². The molecule has 1 aliphatic rings. The third kappa shape index (κ3) is 4.99. The Labute approximate surface area is 197 Å². The van der Waals surface area contributed by atoms with Crippen molar-refractivity contribution in [1.29, 1.82) is 0 Å². The molecule has 3 N–H and O–H groups in total. The first-order valence-electron chi connectivity index (χ1n) is 11.1. The highest BCUT2D eigenvalue weighted by atomic mass is 35.5. The van der Waals surface area contributed by atoms with Gasteiger partial charge in [0.05, 0.1) is 23.8 Å². The van der Waals surface area contributed by atoms with Gasteiger partial charge in [0.1, 0.15) is 5.69 Å². The number of imidazole rings is 1. The van der Waals surface area contributed by atoms with Gasteiger partial charge >= 0.3 is 0 Å². The molecular weight excluding hydrogens is 436 g/mol. The fourth-order valence-electron chi connectivity index (χ4n) is 4.15. The van der Waals surface area contributed by atoms with Crippen LogP contribution in [0.2, 0.25) is 5.02 Å². The summed E-state index contributed by atoms with van der Waals surface area (Å²) in [7, 11) is 0. The van der Waals surface area contributed by atoms with E-state index in [9.17, 15) is 4.79 Å². The summed E-state index contributed by atoms with van der Waals surface area (Å²) in [6.45, 7) is 3.37. The topological polar surface area (TPSA) is 89.7 Å². The Morgan fingerprint density at radius 1 is 1.06 bits per heavy atom. The van der Waals surface area contributed by atoms with Gasteiger partial charge in [-0.1, -0.05) is 48.4 Å². The van der Waals surface area contributed by atoms with Crippen molar-refractivity contribution in [3.8, 4) is 22.8 Å². The number of benzene rings is 2. The predicted octanol–water partition coefficient (Wildman–Crippen LogP) is 5.36. The molecule has 0 aliphatic carbocycles. The van der Waals surface area contributed by atoms with E-state index >= 15 is 0 Å². The number of carbonyl (C=O) groups excluding carboxylic acids is 1. The number of hydrogen-bond donors (Lipinski definition) is 3. The molecule has 0 bridgehead atoms. The van der Waals surface area contributed by atoms with Gasteiger partial charge in [-0.15, -0.1) is 0 Å². The van der Waals surface area contributed by atoms with E-state index in [0.29, 0.717) is 27.8 Å².